The van der Waals surface area contributed by atoms with Crippen LogP contribution in [0.25, 0.3) is 0 Å². The maximum atomic E-state index is 13.1. The Morgan fingerprint density at radius 1 is 1.00 bits per heavy atom. The molecule has 0 atom stereocenters. The molecule has 3 rings (SSSR count). The van der Waals surface area contributed by atoms with Crippen LogP contribution in [0.2, 0.25) is 0 Å². The van der Waals surface area contributed by atoms with E-state index in [1.54, 1.807) is 40.0 Å². The number of aryl methyl sites for hydroxylation is 2. The van der Waals surface area contributed by atoms with Crippen molar-refractivity contribution in [1.82, 2.24) is 14.1 Å². The fraction of sp³-hybridized carbons (Fsp3) is 0.680. The zero-order chi connectivity index (χ0) is 25.8. The third-order valence-corrected chi connectivity index (χ3v) is 9.72. The van der Waals surface area contributed by atoms with E-state index in [0.29, 0.717) is 30.0 Å². The Balaban J connectivity index is 1.43. The van der Waals surface area contributed by atoms with Crippen molar-refractivity contribution in [3.05, 3.63) is 23.3 Å². The number of methoxy groups -OCH3 is 1. The second kappa shape index (κ2) is 11.3. The van der Waals surface area contributed by atoms with Crippen LogP contribution in [0.15, 0.2) is 17.0 Å². The first-order chi connectivity index (χ1) is 16.5. The summed E-state index contributed by atoms with van der Waals surface area (Å²) in [5.74, 6) is 0.694. The second-order valence-electron chi connectivity index (χ2n) is 9.86. The topological polar surface area (TPSA) is 96.5 Å². The van der Waals surface area contributed by atoms with E-state index in [2.05, 4.69) is 0 Å². The summed E-state index contributed by atoms with van der Waals surface area (Å²) in [7, 11) is -0.625. The van der Waals surface area contributed by atoms with Gasteiger partial charge in [0.25, 0.3) is 0 Å². The highest BCUT2D eigenvalue weighted by Gasteiger charge is 2.39. The zero-order valence-corrected chi connectivity index (χ0v) is 22.4. The standard InChI is InChI=1S/C25H39N3O6S/c1-19-16-22(33-5)17-20(2)24(19)35(31,32)26(4)14-15-34-18-23(30)28-12-8-25(9-13-28)6-10-27(11-7-25)21(3)29/h16-17H,6-15,18H2,1-5H3. The molecule has 2 amide bonds. The maximum Gasteiger partial charge on any atom is 0.248 e. The second-order valence-corrected chi connectivity index (χ2v) is 11.8. The molecule has 0 bridgehead atoms. The number of ether oxygens (including phenoxy) is 2. The molecular formula is C25H39N3O6S. The normalized spacial score (nSPS) is 18.2. The van der Waals surface area contributed by atoms with Gasteiger partial charge in [-0.2, -0.15) is 4.31 Å². The number of carbonyl (C=O) groups excluding carboxylic acids is 2. The number of sulfonamides is 1. The van der Waals surface area contributed by atoms with Crippen molar-refractivity contribution in [2.24, 2.45) is 5.41 Å². The first-order valence-electron chi connectivity index (χ1n) is 12.2. The van der Waals surface area contributed by atoms with Crippen LogP contribution in [-0.2, 0) is 24.3 Å². The number of likely N-dealkylation sites (N-methyl/N-ethyl adjacent to an activating group) is 1. The van der Waals surface area contributed by atoms with Crippen LogP contribution in [-0.4, -0.2) is 94.4 Å². The van der Waals surface area contributed by atoms with E-state index in [0.717, 1.165) is 38.8 Å². The number of piperidine rings is 2. The molecule has 2 aliphatic rings. The van der Waals surface area contributed by atoms with Crippen LogP contribution in [0, 0.1) is 19.3 Å². The van der Waals surface area contributed by atoms with Crippen LogP contribution in [0.4, 0.5) is 0 Å². The van der Waals surface area contributed by atoms with Gasteiger partial charge in [-0.05, 0) is 68.2 Å². The Kier molecular flexibility index (Phi) is 8.82. The first-order valence-corrected chi connectivity index (χ1v) is 13.7. The molecule has 9 nitrogen and oxygen atoms in total. The Bertz CT molecular complexity index is 1000. The largest absolute Gasteiger partial charge is 0.497 e. The highest BCUT2D eigenvalue weighted by molar-refractivity contribution is 7.89. The van der Waals surface area contributed by atoms with Crippen LogP contribution < -0.4 is 4.74 Å². The highest BCUT2D eigenvalue weighted by atomic mass is 32.2. The van der Waals surface area contributed by atoms with Crippen LogP contribution in [0.5, 0.6) is 5.75 Å². The zero-order valence-electron chi connectivity index (χ0n) is 21.6. The number of rotatable bonds is 8. The van der Waals surface area contributed by atoms with Crippen molar-refractivity contribution in [2.45, 2.75) is 51.3 Å². The summed E-state index contributed by atoms with van der Waals surface area (Å²) in [6, 6.07) is 3.41. The summed E-state index contributed by atoms with van der Waals surface area (Å²) in [4.78, 5) is 28.2. The third-order valence-electron chi connectivity index (χ3n) is 7.56. The van der Waals surface area contributed by atoms with Gasteiger partial charge in [-0.3, -0.25) is 9.59 Å². The molecule has 0 aromatic heterocycles. The molecule has 0 saturated carbocycles. The molecule has 2 heterocycles. The molecule has 1 aromatic carbocycles. The van der Waals surface area contributed by atoms with E-state index in [9.17, 15) is 18.0 Å². The van der Waals surface area contributed by atoms with Gasteiger partial charge < -0.3 is 19.3 Å². The third kappa shape index (κ3) is 6.34. The number of likely N-dealkylation sites (tertiary alicyclic amines) is 2. The molecule has 0 radical (unpaired) electrons. The van der Waals surface area contributed by atoms with Gasteiger partial charge in [0.05, 0.1) is 18.6 Å². The lowest BCUT2D eigenvalue weighted by Gasteiger charge is -2.46. The molecule has 0 unspecified atom stereocenters. The monoisotopic (exact) mass is 509 g/mol. The van der Waals surface area contributed by atoms with Crippen LogP contribution in [0.1, 0.15) is 43.7 Å². The molecule has 0 aliphatic carbocycles. The number of hydrogen-bond acceptors (Lipinski definition) is 6. The lowest BCUT2D eigenvalue weighted by molar-refractivity contribution is -0.139. The number of hydrogen-bond donors (Lipinski definition) is 0. The van der Waals surface area contributed by atoms with E-state index in [1.165, 1.54) is 11.4 Å². The smallest absolute Gasteiger partial charge is 0.248 e. The number of benzene rings is 1. The van der Waals surface area contributed by atoms with Crippen molar-refractivity contribution in [2.75, 3.05) is 60.1 Å². The summed E-state index contributed by atoms with van der Waals surface area (Å²) in [6.07, 6.45) is 3.90. The maximum absolute atomic E-state index is 13.1. The van der Waals surface area contributed by atoms with E-state index < -0.39 is 10.0 Å². The summed E-state index contributed by atoms with van der Waals surface area (Å²) in [5, 5.41) is 0. The van der Waals surface area contributed by atoms with E-state index >= 15 is 0 Å². The lowest BCUT2D eigenvalue weighted by atomic mass is 9.71. The summed E-state index contributed by atoms with van der Waals surface area (Å²) < 4.78 is 38.2. The van der Waals surface area contributed by atoms with Crippen molar-refractivity contribution in [3.8, 4) is 5.75 Å². The average molecular weight is 510 g/mol. The lowest BCUT2D eigenvalue weighted by Crippen LogP contribution is -2.49. The van der Waals surface area contributed by atoms with Gasteiger partial charge in [0, 0.05) is 46.7 Å². The number of carbonyl (C=O) groups is 2. The molecule has 1 spiro atoms. The molecule has 10 heteroatoms. The summed E-state index contributed by atoms with van der Waals surface area (Å²) in [6.45, 7) is 8.36. The van der Waals surface area contributed by atoms with Gasteiger partial charge in [0.1, 0.15) is 12.4 Å². The predicted octanol–water partition coefficient (Wildman–Crippen LogP) is 2.20. The highest BCUT2D eigenvalue weighted by Crippen LogP contribution is 2.41. The Morgan fingerprint density at radius 2 is 1.51 bits per heavy atom. The Labute approximate surface area is 209 Å². The minimum Gasteiger partial charge on any atom is -0.497 e. The van der Waals surface area contributed by atoms with Crippen molar-refractivity contribution >= 4 is 21.8 Å². The predicted molar refractivity (Wildman–Crippen MR) is 133 cm³/mol. The first kappa shape index (κ1) is 27.4. The van der Waals surface area contributed by atoms with Gasteiger partial charge >= 0.3 is 0 Å². The van der Waals surface area contributed by atoms with Gasteiger partial charge in [0.15, 0.2) is 0 Å². The molecular weight excluding hydrogens is 470 g/mol. The van der Waals surface area contributed by atoms with Crippen molar-refractivity contribution < 1.29 is 27.5 Å². The van der Waals surface area contributed by atoms with E-state index in [-0.39, 0.29) is 41.9 Å². The van der Waals surface area contributed by atoms with Gasteiger partial charge in [-0.25, -0.2) is 8.42 Å². The molecule has 2 fully saturated rings. The average Bonchev–Trinajstić information content (AvgIpc) is 2.81. The SMILES string of the molecule is COc1cc(C)c(S(=O)(=O)N(C)CCOCC(=O)N2CCC3(CCN(C(C)=O)CC3)CC2)c(C)c1. The fourth-order valence-electron chi connectivity index (χ4n) is 5.18. The van der Waals surface area contributed by atoms with E-state index in [1.807, 2.05) is 9.80 Å². The minimum absolute atomic E-state index is 0.0560. The number of nitrogens with zero attached hydrogens (tertiary/aromatic N) is 3. The number of amides is 2. The van der Waals surface area contributed by atoms with Crippen LogP contribution >= 0.6 is 0 Å². The Hall–Kier alpha value is -2.17. The molecule has 1 aromatic rings. The summed E-state index contributed by atoms with van der Waals surface area (Å²) >= 11 is 0. The quantitative estimate of drug-likeness (QED) is 0.499. The van der Waals surface area contributed by atoms with Crippen LogP contribution in [0.3, 0.4) is 0 Å². The molecule has 2 saturated heterocycles. The van der Waals surface area contributed by atoms with Gasteiger partial charge in [-0.1, -0.05) is 0 Å². The van der Waals surface area contributed by atoms with Crippen molar-refractivity contribution in [3.63, 3.8) is 0 Å². The fourth-order valence-corrected chi connectivity index (χ4v) is 6.74. The van der Waals surface area contributed by atoms with Crippen molar-refractivity contribution in [1.29, 1.82) is 0 Å². The van der Waals surface area contributed by atoms with Gasteiger partial charge in [-0.15, -0.1) is 0 Å². The molecule has 0 N–H and O–H groups in total. The Morgan fingerprint density at radius 3 is 2.00 bits per heavy atom. The van der Waals surface area contributed by atoms with E-state index in [4.69, 9.17) is 9.47 Å². The minimum atomic E-state index is -3.69. The summed E-state index contributed by atoms with van der Waals surface area (Å²) in [5.41, 5.74) is 1.48. The molecule has 2 aliphatic heterocycles. The molecule has 196 valence electrons. The van der Waals surface area contributed by atoms with Gasteiger partial charge in [0.2, 0.25) is 21.8 Å². The molecule has 35 heavy (non-hydrogen) atoms.